The number of esters is 1. The average Bonchev–Trinajstić information content (AvgIpc) is 2.69. The lowest BCUT2D eigenvalue weighted by Gasteiger charge is -2.21. The Morgan fingerprint density at radius 3 is 2.11 bits per heavy atom. The summed E-state index contributed by atoms with van der Waals surface area (Å²) in [5.74, 6) is 0.628. The van der Waals surface area contributed by atoms with Crippen LogP contribution in [-0.4, -0.2) is 51.2 Å². The van der Waals surface area contributed by atoms with E-state index in [1.807, 2.05) is 36.4 Å². The van der Waals surface area contributed by atoms with Crippen molar-refractivity contribution < 1.29 is 23.8 Å². The quantitative estimate of drug-likeness (QED) is 0.424. The zero-order chi connectivity index (χ0) is 20.5. The highest BCUT2D eigenvalue weighted by Gasteiger charge is 2.17. The van der Waals surface area contributed by atoms with Crippen LogP contribution in [0.5, 0.6) is 11.5 Å². The second-order valence-electron chi connectivity index (χ2n) is 6.00. The lowest BCUT2D eigenvalue weighted by atomic mass is 10.2. The molecule has 0 aromatic heterocycles. The summed E-state index contributed by atoms with van der Waals surface area (Å²) in [6.07, 6.45) is 0. The predicted molar refractivity (Wildman–Crippen MR) is 115 cm³/mol. The van der Waals surface area contributed by atoms with Gasteiger partial charge in [-0.25, -0.2) is 0 Å². The molecule has 2 aromatic carbocycles. The second kappa shape index (κ2) is 10.9. The SMILES string of the molecule is COC(=O)CN(CC(=O)Nc1ccc(I)cc1)Cc1cc(OC)cc(OC)c1. The fourth-order valence-electron chi connectivity index (χ4n) is 2.57. The summed E-state index contributed by atoms with van der Waals surface area (Å²) in [5, 5.41) is 2.84. The van der Waals surface area contributed by atoms with Crippen LogP contribution in [0.3, 0.4) is 0 Å². The summed E-state index contributed by atoms with van der Waals surface area (Å²) in [6, 6.07) is 12.9. The molecule has 1 amide bonds. The van der Waals surface area contributed by atoms with Crippen LogP contribution in [0.15, 0.2) is 42.5 Å². The zero-order valence-electron chi connectivity index (χ0n) is 16.0. The van der Waals surface area contributed by atoms with Gasteiger partial charge in [-0.2, -0.15) is 0 Å². The van der Waals surface area contributed by atoms with E-state index in [1.54, 1.807) is 25.2 Å². The fraction of sp³-hybridized carbons (Fsp3) is 0.300. The first-order valence-corrected chi connectivity index (χ1v) is 9.58. The number of amides is 1. The molecule has 0 heterocycles. The van der Waals surface area contributed by atoms with Gasteiger partial charge in [-0.15, -0.1) is 0 Å². The number of ether oxygens (including phenoxy) is 3. The molecule has 0 spiro atoms. The number of carbonyl (C=O) groups is 2. The molecule has 0 fully saturated rings. The van der Waals surface area contributed by atoms with E-state index in [1.165, 1.54) is 7.11 Å². The van der Waals surface area contributed by atoms with Crippen molar-refractivity contribution in [2.75, 3.05) is 39.7 Å². The minimum atomic E-state index is -0.420. The average molecular weight is 498 g/mol. The van der Waals surface area contributed by atoms with E-state index in [4.69, 9.17) is 14.2 Å². The smallest absolute Gasteiger partial charge is 0.319 e. The molecule has 0 radical (unpaired) electrons. The number of nitrogens with one attached hydrogen (secondary N) is 1. The zero-order valence-corrected chi connectivity index (χ0v) is 18.2. The minimum Gasteiger partial charge on any atom is -0.497 e. The van der Waals surface area contributed by atoms with Gasteiger partial charge in [0.25, 0.3) is 0 Å². The molecule has 2 rings (SSSR count). The summed E-state index contributed by atoms with van der Waals surface area (Å²) < 4.78 is 16.4. The highest BCUT2D eigenvalue weighted by Crippen LogP contribution is 2.23. The summed E-state index contributed by atoms with van der Waals surface area (Å²) >= 11 is 2.20. The highest BCUT2D eigenvalue weighted by molar-refractivity contribution is 14.1. The molecule has 0 bridgehead atoms. The summed E-state index contributed by atoms with van der Waals surface area (Å²) in [7, 11) is 4.46. The van der Waals surface area contributed by atoms with Crippen LogP contribution in [-0.2, 0) is 20.9 Å². The van der Waals surface area contributed by atoms with Crippen molar-refractivity contribution in [2.45, 2.75) is 6.54 Å². The van der Waals surface area contributed by atoms with Crippen LogP contribution in [0, 0.1) is 3.57 Å². The van der Waals surface area contributed by atoms with Crippen molar-refractivity contribution in [3.63, 3.8) is 0 Å². The van der Waals surface area contributed by atoms with Gasteiger partial charge in [0, 0.05) is 21.9 Å². The van der Waals surface area contributed by atoms with Crippen LogP contribution >= 0.6 is 22.6 Å². The standard InChI is InChI=1S/C20H23IN2O5/c1-26-17-8-14(9-18(10-17)27-2)11-23(13-20(25)28-3)12-19(24)22-16-6-4-15(21)5-7-16/h4-10H,11-13H2,1-3H3,(H,22,24). The van der Waals surface area contributed by atoms with Crippen LogP contribution < -0.4 is 14.8 Å². The van der Waals surface area contributed by atoms with Gasteiger partial charge in [-0.05, 0) is 64.6 Å². The molecule has 0 saturated heterocycles. The van der Waals surface area contributed by atoms with Gasteiger partial charge in [-0.3, -0.25) is 14.5 Å². The third-order valence-electron chi connectivity index (χ3n) is 3.89. The van der Waals surface area contributed by atoms with Gasteiger partial charge < -0.3 is 19.5 Å². The molecule has 0 aliphatic heterocycles. The van der Waals surface area contributed by atoms with E-state index in [-0.39, 0.29) is 19.0 Å². The summed E-state index contributed by atoms with van der Waals surface area (Å²) in [4.78, 5) is 25.9. The van der Waals surface area contributed by atoms with E-state index in [0.717, 1.165) is 9.13 Å². The van der Waals surface area contributed by atoms with Crippen molar-refractivity contribution in [2.24, 2.45) is 0 Å². The van der Waals surface area contributed by atoms with Gasteiger partial charge in [0.05, 0.1) is 34.4 Å². The molecular formula is C20H23IN2O5. The molecule has 150 valence electrons. The third-order valence-corrected chi connectivity index (χ3v) is 4.61. The van der Waals surface area contributed by atoms with Crippen LogP contribution in [0.4, 0.5) is 5.69 Å². The lowest BCUT2D eigenvalue weighted by molar-refractivity contribution is -0.142. The van der Waals surface area contributed by atoms with Crippen molar-refractivity contribution in [1.82, 2.24) is 4.90 Å². The van der Waals surface area contributed by atoms with E-state index < -0.39 is 5.97 Å². The highest BCUT2D eigenvalue weighted by atomic mass is 127. The maximum atomic E-state index is 12.5. The number of benzene rings is 2. The van der Waals surface area contributed by atoms with Crippen molar-refractivity contribution in [3.8, 4) is 11.5 Å². The maximum absolute atomic E-state index is 12.5. The second-order valence-corrected chi connectivity index (χ2v) is 7.24. The third kappa shape index (κ3) is 7.01. The summed E-state index contributed by atoms with van der Waals surface area (Å²) in [5.41, 5.74) is 1.55. The first-order valence-electron chi connectivity index (χ1n) is 8.50. The van der Waals surface area contributed by atoms with Gasteiger partial charge in [-0.1, -0.05) is 0 Å². The molecule has 7 nitrogen and oxygen atoms in total. The Bertz CT molecular complexity index is 788. The molecule has 0 aliphatic carbocycles. The Kier molecular flexibility index (Phi) is 8.52. The Hall–Kier alpha value is -2.33. The Morgan fingerprint density at radius 1 is 0.964 bits per heavy atom. The first kappa shape index (κ1) is 22.0. The molecule has 0 aliphatic rings. The molecule has 0 unspecified atom stereocenters. The number of methoxy groups -OCH3 is 3. The number of carbonyl (C=O) groups excluding carboxylic acids is 2. The number of nitrogens with zero attached hydrogens (tertiary/aromatic N) is 1. The minimum absolute atomic E-state index is 0.0177. The molecule has 8 heteroatoms. The van der Waals surface area contributed by atoms with Crippen LogP contribution in [0.2, 0.25) is 0 Å². The van der Waals surface area contributed by atoms with E-state index in [9.17, 15) is 9.59 Å². The van der Waals surface area contributed by atoms with E-state index in [2.05, 4.69) is 27.9 Å². The van der Waals surface area contributed by atoms with Gasteiger partial charge in [0.1, 0.15) is 11.5 Å². The molecule has 1 N–H and O–H groups in total. The molecular weight excluding hydrogens is 475 g/mol. The lowest BCUT2D eigenvalue weighted by Crippen LogP contribution is -2.37. The molecule has 0 atom stereocenters. The first-order chi connectivity index (χ1) is 13.4. The topological polar surface area (TPSA) is 77.1 Å². The number of halogens is 1. The Morgan fingerprint density at radius 2 is 1.57 bits per heavy atom. The van der Waals surface area contributed by atoms with Gasteiger partial charge in [0.15, 0.2) is 0 Å². The largest absolute Gasteiger partial charge is 0.497 e. The van der Waals surface area contributed by atoms with Crippen molar-refractivity contribution in [3.05, 3.63) is 51.6 Å². The molecule has 0 saturated carbocycles. The Balaban J connectivity index is 2.11. The monoisotopic (exact) mass is 498 g/mol. The van der Waals surface area contributed by atoms with E-state index in [0.29, 0.717) is 23.7 Å². The Labute approximate surface area is 178 Å². The van der Waals surface area contributed by atoms with Crippen LogP contribution in [0.1, 0.15) is 5.56 Å². The maximum Gasteiger partial charge on any atom is 0.319 e. The van der Waals surface area contributed by atoms with Gasteiger partial charge in [0.2, 0.25) is 5.91 Å². The summed E-state index contributed by atoms with van der Waals surface area (Å²) in [6.45, 7) is 0.361. The van der Waals surface area contributed by atoms with E-state index >= 15 is 0 Å². The number of hydrogen-bond donors (Lipinski definition) is 1. The number of hydrogen-bond acceptors (Lipinski definition) is 6. The van der Waals surface area contributed by atoms with Crippen LogP contribution in [0.25, 0.3) is 0 Å². The number of rotatable bonds is 9. The normalized spacial score (nSPS) is 10.5. The van der Waals surface area contributed by atoms with Crippen molar-refractivity contribution in [1.29, 1.82) is 0 Å². The van der Waals surface area contributed by atoms with Gasteiger partial charge >= 0.3 is 5.97 Å². The fourth-order valence-corrected chi connectivity index (χ4v) is 2.93. The van der Waals surface area contributed by atoms with Crippen molar-refractivity contribution >= 4 is 40.2 Å². The predicted octanol–water partition coefficient (Wildman–Crippen LogP) is 2.92. The molecule has 28 heavy (non-hydrogen) atoms. The molecule has 2 aromatic rings. The number of anilines is 1.